The monoisotopic (exact) mass is 311 g/mol. The zero-order valence-corrected chi connectivity index (χ0v) is 13.0. The van der Waals surface area contributed by atoms with E-state index in [4.69, 9.17) is 21.4 Å². The maximum atomic E-state index is 12.4. The average molecular weight is 312 g/mol. The van der Waals surface area contributed by atoms with Gasteiger partial charge in [0.2, 0.25) is 0 Å². The molecule has 1 amide bonds. The molecule has 0 saturated heterocycles. The fourth-order valence-electron chi connectivity index (χ4n) is 2.71. The first-order valence-electron chi connectivity index (χ1n) is 7.48. The molecule has 0 unspecified atom stereocenters. The molecule has 0 radical (unpaired) electrons. The van der Waals surface area contributed by atoms with Crippen molar-refractivity contribution in [2.24, 2.45) is 5.92 Å². The van der Waals surface area contributed by atoms with Crippen LogP contribution in [0.25, 0.3) is 0 Å². The first kappa shape index (κ1) is 16.1. The van der Waals surface area contributed by atoms with Gasteiger partial charge in [0.1, 0.15) is 5.75 Å². The van der Waals surface area contributed by atoms with Crippen molar-refractivity contribution in [1.82, 2.24) is 5.32 Å². The highest BCUT2D eigenvalue weighted by Gasteiger charge is 2.23. The van der Waals surface area contributed by atoms with E-state index in [1.807, 2.05) is 6.92 Å². The van der Waals surface area contributed by atoms with E-state index >= 15 is 0 Å². The highest BCUT2D eigenvalue weighted by Crippen LogP contribution is 2.26. The lowest BCUT2D eigenvalue weighted by atomic mass is 9.86. The van der Waals surface area contributed by atoms with Crippen molar-refractivity contribution in [3.05, 3.63) is 28.8 Å². The second kappa shape index (κ2) is 7.66. The van der Waals surface area contributed by atoms with Crippen LogP contribution in [0.1, 0.15) is 43.0 Å². The summed E-state index contributed by atoms with van der Waals surface area (Å²) < 4.78 is 5.48. The van der Waals surface area contributed by atoms with E-state index in [9.17, 15) is 4.79 Å². The Balaban J connectivity index is 2.00. The largest absolute Gasteiger partial charge is 0.493 e. The number of halogens is 1. The Bertz CT molecular complexity index is 484. The summed E-state index contributed by atoms with van der Waals surface area (Å²) in [5, 5.41) is 12.8. The number of aliphatic hydroxyl groups is 1. The number of rotatable bonds is 5. The van der Waals surface area contributed by atoms with Crippen molar-refractivity contribution < 1.29 is 14.6 Å². The lowest BCUT2D eigenvalue weighted by Gasteiger charge is -2.28. The molecular weight excluding hydrogens is 290 g/mol. The third kappa shape index (κ3) is 4.35. The number of hydrogen-bond donors (Lipinski definition) is 2. The summed E-state index contributed by atoms with van der Waals surface area (Å²) in [4.78, 5) is 12.4. The maximum Gasteiger partial charge on any atom is 0.255 e. The van der Waals surface area contributed by atoms with Crippen LogP contribution in [0.2, 0.25) is 5.02 Å². The topological polar surface area (TPSA) is 58.6 Å². The number of carbonyl (C=O) groups is 1. The Morgan fingerprint density at radius 1 is 1.38 bits per heavy atom. The van der Waals surface area contributed by atoms with Gasteiger partial charge in [-0.3, -0.25) is 4.79 Å². The minimum Gasteiger partial charge on any atom is -0.493 e. The first-order chi connectivity index (χ1) is 10.1. The van der Waals surface area contributed by atoms with Gasteiger partial charge in [-0.1, -0.05) is 11.6 Å². The second-order valence-electron chi connectivity index (χ2n) is 5.45. The lowest BCUT2D eigenvalue weighted by molar-refractivity contribution is 0.0910. The molecule has 21 heavy (non-hydrogen) atoms. The lowest BCUT2D eigenvalue weighted by Crippen LogP contribution is -2.38. The number of benzene rings is 1. The van der Waals surface area contributed by atoms with Gasteiger partial charge in [0.05, 0.1) is 12.2 Å². The third-order valence-electron chi connectivity index (χ3n) is 3.93. The number of hydrogen-bond acceptors (Lipinski definition) is 3. The highest BCUT2D eigenvalue weighted by atomic mass is 35.5. The van der Waals surface area contributed by atoms with Gasteiger partial charge in [-0.25, -0.2) is 0 Å². The van der Waals surface area contributed by atoms with Gasteiger partial charge in [0, 0.05) is 17.7 Å². The van der Waals surface area contributed by atoms with E-state index in [-0.39, 0.29) is 18.6 Å². The molecule has 1 aliphatic carbocycles. The van der Waals surface area contributed by atoms with Crippen LogP contribution in [0.3, 0.4) is 0 Å². The Morgan fingerprint density at radius 2 is 2.10 bits per heavy atom. The number of aliphatic hydroxyl groups excluding tert-OH is 1. The van der Waals surface area contributed by atoms with Crippen molar-refractivity contribution in [3.63, 3.8) is 0 Å². The van der Waals surface area contributed by atoms with Crippen LogP contribution in [0, 0.1) is 5.92 Å². The summed E-state index contributed by atoms with van der Waals surface area (Å²) in [6, 6.07) is 5.23. The van der Waals surface area contributed by atoms with E-state index in [0.717, 1.165) is 25.7 Å². The fourth-order valence-corrected chi connectivity index (χ4v) is 2.87. The zero-order chi connectivity index (χ0) is 15.2. The smallest absolute Gasteiger partial charge is 0.255 e. The number of ether oxygens (including phenoxy) is 1. The average Bonchev–Trinajstić information content (AvgIpc) is 2.48. The third-order valence-corrected chi connectivity index (χ3v) is 4.16. The first-order valence-corrected chi connectivity index (χ1v) is 7.86. The molecule has 0 bridgehead atoms. The molecule has 1 fully saturated rings. The Morgan fingerprint density at radius 3 is 2.71 bits per heavy atom. The molecule has 0 aromatic heterocycles. The van der Waals surface area contributed by atoms with E-state index in [1.54, 1.807) is 18.2 Å². The summed E-state index contributed by atoms with van der Waals surface area (Å²) in [5.41, 5.74) is 0.519. The predicted octanol–water partition coefficient (Wildman–Crippen LogP) is 3.02. The molecule has 116 valence electrons. The van der Waals surface area contributed by atoms with Gasteiger partial charge in [0.25, 0.3) is 5.91 Å². The standard InChI is InChI=1S/C16H22ClNO3/c1-2-21-15-9-12(17)5-8-14(15)16(20)18-13-6-3-11(10-19)4-7-13/h5,8-9,11,13,19H,2-4,6-7,10H2,1H3,(H,18,20). The van der Waals surface area contributed by atoms with Crippen molar-refractivity contribution >= 4 is 17.5 Å². The maximum absolute atomic E-state index is 12.4. The van der Waals surface area contributed by atoms with Crippen LogP contribution in [0.4, 0.5) is 0 Å². The fraction of sp³-hybridized carbons (Fsp3) is 0.562. The molecule has 5 heteroatoms. The molecule has 0 spiro atoms. The SMILES string of the molecule is CCOc1cc(Cl)ccc1C(=O)NC1CCC(CO)CC1. The highest BCUT2D eigenvalue weighted by molar-refractivity contribution is 6.30. The molecule has 2 N–H and O–H groups in total. The Hall–Kier alpha value is -1.26. The number of carbonyl (C=O) groups excluding carboxylic acids is 1. The van der Waals surface area contributed by atoms with Gasteiger partial charge in [-0.2, -0.15) is 0 Å². The molecule has 1 saturated carbocycles. The Kier molecular flexibility index (Phi) is 5.88. The van der Waals surface area contributed by atoms with Crippen LogP contribution >= 0.6 is 11.6 Å². The van der Waals surface area contributed by atoms with Crippen LogP contribution in [0.5, 0.6) is 5.75 Å². The van der Waals surface area contributed by atoms with Crippen LogP contribution in [0.15, 0.2) is 18.2 Å². The van der Waals surface area contributed by atoms with Crippen molar-refractivity contribution in [3.8, 4) is 5.75 Å². The minimum absolute atomic E-state index is 0.123. The summed E-state index contributed by atoms with van der Waals surface area (Å²) in [7, 11) is 0. The normalized spacial score (nSPS) is 21.9. The van der Waals surface area contributed by atoms with Gasteiger partial charge in [-0.05, 0) is 56.7 Å². The van der Waals surface area contributed by atoms with Crippen LogP contribution < -0.4 is 10.1 Å². The summed E-state index contributed by atoms with van der Waals surface area (Å²) in [6.07, 6.45) is 3.74. The molecule has 2 rings (SSSR count). The predicted molar refractivity (Wildman–Crippen MR) is 82.9 cm³/mol. The van der Waals surface area contributed by atoms with Gasteiger partial charge in [0.15, 0.2) is 0 Å². The minimum atomic E-state index is -0.123. The summed E-state index contributed by atoms with van der Waals surface area (Å²) in [5.74, 6) is 0.779. The molecule has 0 atom stereocenters. The summed E-state index contributed by atoms with van der Waals surface area (Å²) >= 11 is 5.95. The number of nitrogens with one attached hydrogen (secondary N) is 1. The molecule has 0 heterocycles. The van der Waals surface area contributed by atoms with Gasteiger partial charge >= 0.3 is 0 Å². The van der Waals surface area contributed by atoms with Crippen molar-refractivity contribution in [1.29, 1.82) is 0 Å². The van der Waals surface area contributed by atoms with Gasteiger partial charge < -0.3 is 15.2 Å². The second-order valence-corrected chi connectivity index (χ2v) is 5.88. The molecular formula is C16H22ClNO3. The molecule has 1 aromatic carbocycles. The number of amides is 1. The van der Waals surface area contributed by atoms with E-state index in [1.165, 1.54) is 0 Å². The zero-order valence-electron chi connectivity index (χ0n) is 12.3. The molecule has 0 aliphatic heterocycles. The van der Waals surface area contributed by atoms with Crippen LogP contribution in [-0.4, -0.2) is 30.3 Å². The molecule has 4 nitrogen and oxygen atoms in total. The van der Waals surface area contributed by atoms with E-state index in [0.29, 0.717) is 28.9 Å². The van der Waals surface area contributed by atoms with Crippen molar-refractivity contribution in [2.75, 3.05) is 13.2 Å². The van der Waals surface area contributed by atoms with Crippen molar-refractivity contribution in [2.45, 2.75) is 38.6 Å². The van der Waals surface area contributed by atoms with Gasteiger partial charge in [-0.15, -0.1) is 0 Å². The van der Waals surface area contributed by atoms with E-state index in [2.05, 4.69) is 5.32 Å². The van der Waals surface area contributed by atoms with Crippen LogP contribution in [-0.2, 0) is 0 Å². The molecule has 1 aromatic rings. The molecule has 1 aliphatic rings. The van der Waals surface area contributed by atoms with E-state index < -0.39 is 0 Å². The quantitative estimate of drug-likeness (QED) is 0.879. The Labute approximate surface area is 130 Å². The summed E-state index contributed by atoms with van der Waals surface area (Å²) in [6.45, 7) is 2.60.